The lowest BCUT2D eigenvalue weighted by molar-refractivity contribution is -0.120. The molecule has 0 fully saturated rings. The number of amides is 1. The van der Waals surface area contributed by atoms with Gasteiger partial charge in [0.15, 0.2) is 29.7 Å². The van der Waals surface area contributed by atoms with E-state index in [-0.39, 0.29) is 34.9 Å². The fraction of sp³-hybridized carbons (Fsp3) is 0.441. The maximum atomic E-state index is 13.6. The number of hydrogen-bond donors (Lipinski definition) is 1. The maximum absolute atomic E-state index is 13.6. The number of rotatable bonds is 6. The Labute approximate surface area is 255 Å². The zero-order chi connectivity index (χ0) is 30.6. The number of carbonyl (C=O) groups excluding carboxylic acids is 3. The molecule has 1 heterocycles. The first-order valence-electron chi connectivity index (χ1n) is 14.3. The summed E-state index contributed by atoms with van der Waals surface area (Å²) >= 11 is 3.61. The lowest BCUT2D eigenvalue weighted by Gasteiger charge is -2.42. The molecular formula is C34H38BrNO6. The quantitative estimate of drug-likeness (QED) is 0.354. The largest absolute Gasteiger partial charge is 0.493 e. The molecule has 2 aromatic rings. The molecule has 0 radical (unpaired) electrons. The summed E-state index contributed by atoms with van der Waals surface area (Å²) in [5.74, 6) is 1.18. The lowest BCUT2D eigenvalue weighted by Crippen LogP contribution is -2.37. The van der Waals surface area contributed by atoms with Crippen LogP contribution in [-0.4, -0.2) is 31.2 Å². The Kier molecular flexibility index (Phi) is 7.90. The topological polar surface area (TPSA) is 90.9 Å². The van der Waals surface area contributed by atoms with Crippen LogP contribution >= 0.6 is 15.9 Å². The van der Waals surface area contributed by atoms with Gasteiger partial charge in [-0.05, 0) is 69.9 Å². The van der Waals surface area contributed by atoms with E-state index in [2.05, 4.69) is 48.9 Å². The van der Waals surface area contributed by atoms with Crippen molar-refractivity contribution in [3.8, 4) is 11.5 Å². The van der Waals surface area contributed by atoms with Gasteiger partial charge < -0.3 is 19.5 Å². The number of Topliss-reactive ketones (excluding diaryl/α,β-unsaturated/α-hetero) is 2. The molecule has 0 unspecified atom stereocenters. The minimum absolute atomic E-state index is 0.00563. The van der Waals surface area contributed by atoms with Crippen molar-refractivity contribution in [2.24, 2.45) is 10.8 Å². The summed E-state index contributed by atoms with van der Waals surface area (Å²) in [4.78, 5) is 40.0. The summed E-state index contributed by atoms with van der Waals surface area (Å²) in [6.07, 6.45) is 1.99. The number of allylic oxidation sites excluding steroid dienone is 4. The highest BCUT2D eigenvalue weighted by molar-refractivity contribution is 9.10. The Balaban J connectivity index is 1.49. The van der Waals surface area contributed by atoms with Crippen LogP contribution in [0.4, 0.5) is 5.69 Å². The predicted octanol–water partition coefficient (Wildman–Crippen LogP) is 7.49. The third kappa shape index (κ3) is 5.91. The molecule has 2 aliphatic carbocycles. The number of hydrogen-bond acceptors (Lipinski definition) is 6. The molecule has 1 N–H and O–H groups in total. The number of benzene rings is 2. The highest BCUT2D eigenvalue weighted by Crippen LogP contribution is 2.54. The van der Waals surface area contributed by atoms with Gasteiger partial charge in [-0.15, -0.1) is 0 Å². The zero-order valence-electron chi connectivity index (χ0n) is 25.3. The third-order valence-corrected chi connectivity index (χ3v) is 8.76. The summed E-state index contributed by atoms with van der Waals surface area (Å²) in [6.45, 7) is 12.0. The number of aryl methyl sites for hydroxylation is 2. The zero-order valence-corrected chi connectivity index (χ0v) is 26.9. The molecule has 5 rings (SSSR count). The van der Waals surface area contributed by atoms with Gasteiger partial charge in [-0.1, -0.05) is 45.4 Å². The molecule has 0 saturated heterocycles. The van der Waals surface area contributed by atoms with Gasteiger partial charge in [0.2, 0.25) is 0 Å². The van der Waals surface area contributed by atoms with E-state index in [0.29, 0.717) is 64.3 Å². The molecule has 8 heteroatoms. The van der Waals surface area contributed by atoms with Crippen LogP contribution < -0.4 is 14.8 Å². The molecule has 2 aromatic carbocycles. The normalized spacial score (nSPS) is 19.6. The first kappa shape index (κ1) is 30.1. The van der Waals surface area contributed by atoms with Crippen molar-refractivity contribution in [3.63, 3.8) is 0 Å². The molecular weight excluding hydrogens is 598 g/mol. The summed E-state index contributed by atoms with van der Waals surface area (Å²) in [7, 11) is 1.52. The predicted molar refractivity (Wildman–Crippen MR) is 165 cm³/mol. The van der Waals surface area contributed by atoms with Crippen LogP contribution in [0.15, 0.2) is 57.5 Å². The molecule has 0 atom stereocenters. The molecule has 1 amide bonds. The van der Waals surface area contributed by atoms with Gasteiger partial charge in [0.05, 0.1) is 11.6 Å². The molecule has 7 nitrogen and oxygen atoms in total. The Morgan fingerprint density at radius 1 is 0.952 bits per heavy atom. The number of ether oxygens (including phenoxy) is 3. The van der Waals surface area contributed by atoms with Crippen LogP contribution in [0.2, 0.25) is 0 Å². The summed E-state index contributed by atoms with van der Waals surface area (Å²) in [5.41, 5.74) is 4.17. The molecule has 1 aliphatic heterocycles. The van der Waals surface area contributed by atoms with Crippen molar-refractivity contribution in [2.75, 3.05) is 19.0 Å². The fourth-order valence-electron chi connectivity index (χ4n) is 6.33. The van der Waals surface area contributed by atoms with E-state index in [1.165, 1.54) is 7.11 Å². The van der Waals surface area contributed by atoms with E-state index in [1.54, 1.807) is 6.07 Å². The van der Waals surface area contributed by atoms with Gasteiger partial charge in [0, 0.05) is 48.4 Å². The Hall–Kier alpha value is -3.39. The van der Waals surface area contributed by atoms with Crippen LogP contribution in [0.5, 0.6) is 11.5 Å². The molecule has 0 spiro atoms. The van der Waals surface area contributed by atoms with E-state index in [4.69, 9.17) is 14.2 Å². The van der Waals surface area contributed by atoms with Crippen LogP contribution in [0.25, 0.3) is 0 Å². The molecule has 222 valence electrons. The second-order valence-corrected chi connectivity index (χ2v) is 14.1. The fourth-order valence-corrected chi connectivity index (χ4v) is 6.91. The van der Waals surface area contributed by atoms with Crippen LogP contribution in [-0.2, 0) is 19.1 Å². The van der Waals surface area contributed by atoms with Crippen molar-refractivity contribution >= 4 is 39.1 Å². The molecule has 42 heavy (non-hydrogen) atoms. The minimum Gasteiger partial charge on any atom is -0.493 e. The van der Waals surface area contributed by atoms with E-state index in [9.17, 15) is 14.4 Å². The van der Waals surface area contributed by atoms with Gasteiger partial charge in [0.1, 0.15) is 11.5 Å². The van der Waals surface area contributed by atoms with Crippen molar-refractivity contribution in [1.82, 2.24) is 0 Å². The number of nitrogens with one attached hydrogen (secondary N) is 1. The first-order chi connectivity index (χ1) is 19.7. The standard InChI is InChI=1S/C34H38BrNO6/c1-18-8-9-22(19(2)10-18)36-28(39)17-41-32-21(35)11-20(12-25(32)40-7)29-30-23(37)13-33(3,4)15-26(30)42-27-16-34(5,6)14-24(38)31(27)29/h8-12,29H,13-17H2,1-7H3,(H,36,39). The smallest absolute Gasteiger partial charge is 0.262 e. The number of ketones is 2. The van der Waals surface area contributed by atoms with E-state index in [1.807, 2.05) is 38.1 Å². The van der Waals surface area contributed by atoms with Crippen LogP contribution in [0, 0.1) is 24.7 Å². The average molecular weight is 637 g/mol. The number of carbonyl (C=O) groups is 3. The van der Waals surface area contributed by atoms with Gasteiger partial charge >= 0.3 is 0 Å². The third-order valence-electron chi connectivity index (χ3n) is 8.17. The van der Waals surface area contributed by atoms with Gasteiger partial charge in [-0.25, -0.2) is 0 Å². The highest BCUT2D eigenvalue weighted by Gasteiger charge is 2.48. The van der Waals surface area contributed by atoms with Crippen molar-refractivity contribution in [1.29, 1.82) is 0 Å². The first-order valence-corrected chi connectivity index (χ1v) is 15.0. The second kappa shape index (κ2) is 11.0. The Morgan fingerprint density at radius 2 is 1.55 bits per heavy atom. The SMILES string of the molecule is COc1cc(C2C3=C(CC(C)(C)CC3=O)OC3=C2C(=O)CC(C)(C)C3)cc(Br)c1OCC(=O)Nc1ccc(C)cc1C. The molecule has 0 aromatic heterocycles. The number of methoxy groups -OCH3 is 1. The van der Waals surface area contributed by atoms with E-state index in [0.717, 1.165) is 22.4 Å². The number of anilines is 1. The van der Waals surface area contributed by atoms with Gasteiger partial charge in [-0.2, -0.15) is 0 Å². The second-order valence-electron chi connectivity index (χ2n) is 13.3. The van der Waals surface area contributed by atoms with Crippen molar-refractivity contribution < 1.29 is 28.6 Å². The summed E-state index contributed by atoms with van der Waals surface area (Å²) in [6, 6.07) is 9.46. The van der Waals surface area contributed by atoms with E-state index >= 15 is 0 Å². The van der Waals surface area contributed by atoms with E-state index < -0.39 is 5.92 Å². The minimum atomic E-state index is -0.567. The van der Waals surface area contributed by atoms with Crippen molar-refractivity contribution in [2.45, 2.75) is 73.1 Å². The molecule has 0 saturated carbocycles. The van der Waals surface area contributed by atoms with Crippen LogP contribution in [0.1, 0.15) is 76.0 Å². The monoisotopic (exact) mass is 635 g/mol. The Morgan fingerprint density at radius 3 is 2.10 bits per heavy atom. The molecule has 3 aliphatic rings. The maximum Gasteiger partial charge on any atom is 0.262 e. The Bertz CT molecular complexity index is 1510. The summed E-state index contributed by atoms with van der Waals surface area (Å²) in [5, 5.41) is 2.89. The van der Waals surface area contributed by atoms with Crippen molar-refractivity contribution in [3.05, 3.63) is 74.2 Å². The van der Waals surface area contributed by atoms with Crippen LogP contribution in [0.3, 0.4) is 0 Å². The average Bonchev–Trinajstić information content (AvgIpc) is 2.86. The van der Waals surface area contributed by atoms with Gasteiger partial charge in [0.25, 0.3) is 5.91 Å². The molecule has 0 bridgehead atoms. The van der Waals surface area contributed by atoms with Gasteiger partial charge in [-0.3, -0.25) is 14.4 Å². The lowest BCUT2D eigenvalue weighted by atomic mass is 9.65. The number of halogens is 1. The highest BCUT2D eigenvalue weighted by atomic mass is 79.9. The summed E-state index contributed by atoms with van der Waals surface area (Å²) < 4.78 is 18.6.